The highest BCUT2D eigenvalue weighted by molar-refractivity contribution is 6.29. The molecule has 1 radical (unpaired) electrons. The van der Waals surface area contributed by atoms with Crippen molar-refractivity contribution >= 4 is 11.6 Å². The second-order valence-electron chi connectivity index (χ2n) is 4.14. The Hall–Kier alpha value is -2.42. The highest BCUT2D eigenvalue weighted by Gasteiger charge is 2.32. The molecule has 0 aromatic heterocycles. The largest absolute Gasteiger partial charge is 0.515 e. The lowest BCUT2D eigenvalue weighted by molar-refractivity contribution is 0.0979. The summed E-state index contributed by atoms with van der Waals surface area (Å²) in [5.74, 6) is -0.325. The minimum atomic E-state index is -0.177. The van der Waals surface area contributed by atoms with Gasteiger partial charge in [0.15, 0.2) is 11.6 Å². The van der Waals surface area contributed by atoms with E-state index in [4.69, 9.17) is 5.11 Å². The van der Waals surface area contributed by atoms with E-state index < -0.39 is 0 Å². The Morgan fingerprint density at radius 1 is 0.889 bits per heavy atom. The van der Waals surface area contributed by atoms with Gasteiger partial charge in [0.05, 0.1) is 6.26 Å². The van der Waals surface area contributed by atoms with E-state index in [-0.39, 0.29) is 11.6 Å². The van der Waals surface area contributed by atoms with Crippen LogP contribution in [0.5, 0.6) is 0 Å². The van der Waals surface area contributed by atoms with Crippen LogP contribution < -0.4 is 0 Å². The van der Waals surface area contributed by atoms with Crippen LogP contribution in [0.15, 0.2) is 59.4 Å². The van der Waals surface area contributed by atoms with Gasteiger partial charge in [-0.15, -0.1) is 0 Å². The average Bonchev–Trinajstić information content (AvgIpc) is 2.44. The quantitative estimate of drug-likeness (QED) is 0.705. The molecule has 0 amide bonds. The molecule has 1 aromatic carbocycles. The molecule has 0 atom stereocenters. The summed E-state index contributed by atoms with van der Waals surface area (Å²) < 4.78 is 0. The molecule has 18 heavy (non-hydrogen) atoms. The Kier molecular flexibility index (Phi) is 2.27. The van der Waals surface area contributed by atoms with Crippen LogP contribution in [0.1, 0.15) is 20.7 Å². The van der Waals surface area contributed by atoms with E-state index in [0.717, 1.165) is 6.26 Å². The molecule has 3 heteroatoms. The van der Waals surface area contributed by atoms with E-state index in [1.165, 1.54) is 6.42 Å². The maximum Gasteiger partial charge on any atom is 0.194 e. The van der Waals surface area contributed by atoms with Gasteiger partial charge in [0, 0.05) is 28.7 Å². The van der Waals surface area contributed by atoms with Gasteiger partial charge >= 0.3 is 0 Å². The van der Waals surface area contributed by atoms with Crippen LogP contribution in [0, 0.1) is 6.42 Å². The lowest BCUT2D eigenvalue weighted by Crippen LogP contribution is -2.23. The molecule has 1 N–H and O–H groups in total. The molecule has 0 saturated carbocycles. The fourth-order valence-electron chi connectivity index (χ4n) is 2.20. The SMILES string of the molecule is O=C1C2=C(C=CC(=CO)[CH]2)C(=O)c2ccccc21. The summed E-state index contributed by atoms with van der Waals surface area (Å²) in [6, 6.07) is 6.78. The summed E-state index contributed by atoms with van der Waals surface area (Å²) in [4.78, 5) is 24.5. The van der Waals surface area contributed by atoms with E-state index in [1.54, 1.807) is 36.4 Å². The predicted octanol–water partition coefficient (Wildman–Crippen LogP) is 2.58. The number of carbonyl (C=O) groups excluding carboxylic acids is 2. The van der Waals surface area contributed by atoms with Crippen LogP contribution in [0.4, 0.5) is 0 Å². The van der Waals surface area contributed by atoms with Gasteiger partial charge in [0.25, 0.3) is 0 Å². The van der Waals surface area contributed by atoms with Crippen LogP contribution in [0.25, 0.3) is 0 Å². The average molecular weight is 237 g/mol. The number of aliphatic hydroxyl groups excluding tert-OH is 1. The molecule has 87 valence electrons. The van der Waals surface area contributed by atoms with Crippen molar-refractivity contribution in [2.45, 2.75) is 0 Å². The monoisotopic (exact) mass is 237 g/mol. The third-order valence-electron chi connectivity index (χ3n) is 3.10. The van der Waals surface area contributed by atoms with Crippen molar-refractivity contribution in [1.29, 1.82) is 0 Å². The summed E-state index contributed by atoms with van der Waals surface area (Å²) in [6.45, 7) is 0. The topological polar surface area (TPSA) is 54.4 Å². The molecule has 2 aliphatic carbocycles. The van der Waals surface area contributed by atoms with E-state index in [0.29, 0.717) is 27.8 Å². The van der Waals surface area contributed by atoms with Crippen LogP contribution in [-0.2, 0) is 0 Å². The lowest BCUT2D eigenvalue weighted by atomic mass is 9.79. The predicted molar refractivity (Wildman–Crippen MR) is 66.3 cm³/mol. The van der Waals surface area contributed by atoms with Gasteiger partial charge in [-0.25, -0.2) is 0 Å². The molecule has 0 fully saturated rings. The van der Waals surface area contributed by atoms with Gasteiger partial charge < -0.3 is 5.11 Å². The molecule has 3 nitrogen and oxygen atoms in total. The first-order valence-corrected chi connectivity index (χ1v) is 5.52. The number of Topliss-reactive ketones (excluding diaryl/α,β-unsaturated/α-hetero) is 2. The van der Waals surface area contributed by atoms with Crippen molar-refractivity contribution in [2.75, 3.05) is 0 Å². The first-order chi connectivity index (χ1) is 8.72. The number of hydrogen-bond acceptors (Lipinski definition) is 3. The molecular formula is C15H9O3. The smallest absolute Gasteiger partial charge is 0.194 e. The van der Waals surface area contributed by atoms with Crippen molar-refractivity contribution < 1.29 is 14.7 Å². The molecule has 0 spiro atoms. The number of rotatable bonds is 0. The standard InChI is InChI=1S/C15H9O3/c16-8-9-5-6-12-13(7-9)15(18)11-4-2-1-3-10(11)14(12)17/h1-8,16H. The number of aliphatic hydroxyl groups is 1. The number of benzene rings is 1. The van der Waals surface area contributed by atoms with Crippen LogP contribution in [0.2, 0.25) is 0 Å². The maximum absolute atomic E-state index is 12.3. The van der Waals surface area contributed by atoms with Gasteiger partial charge in [-0.2, -0.15) is 0 Å². The number of allylic oxidation sites excluding steroid dienone is 5. The van der Waals surface area contributed by atoms with Crippen molar-refractivity contribution in [3.63, 3.8) is 0 Å². The normalized spacial score (nSPS) is 20.1. The zero-order chi connectivity index (χ0) is 12.7. The van der Waals surface area contributed by atoms with E-state index in [9.17, 15) is 9.59 Å². The van der Waals surface area contributed by atoms with Crippen molar-refractivity contribution in [2.24, 2.45) is 0 Å². The molecule has 0 heterocycles. The number of hydrogen-bond donors (Lipinski definition) is 1. The maximum atomic E-state index is 12.3. The minimum Gasteiger partial charge on any atom is -0.515 e. The molecule has 3 rings (SSSR count). The Balaban J connectivity index is 2.19. The Labute approximate surface area is 104 Å². The Bertz CT molecular complexity index is 660. The highest BCUT2D eigenvalue weighted by atomic mass is 16.2. The van der Waals surface area contributed by atoms with Gasteiger partial charge in [-0.1, -0.05) is 36.4 Å². The molecular weight excluding hydrogens is 228 g/mol. The Morgan fingerprint density at radius 2 is 1.50 bits per heavy atom. The molecule has 0 unspecified atom stereocenters. The van der Waals surface area contributed by atoms with Gasteiger partial charge in [0.2, 0.25) is 0 Å². The van der Waals surface area contributed by atoms with E-state index >= 15 is 0 Å². The van der Waals surface area contributed by atoms with Crippen LogP contribution in [-0.4, -0.2) is 16.7 Å². The third-order valence-corrected chi connectivity index (χ3v) is 3.10. The molecule has 1 aromatic rings. The van der Waals surface area contributed by atoms with E-state index in [1.807, 2.05) is 0 Å². The number of fused-ring (bicyclic) bond motifs is 1. The van der Waals surface area contributed by atoms with Gasteiger partial charge in [-0.05, 0) is 5.57 Å². The van der Waals surface area contributed by atoms with Crippen molar-refractivity contribution in [3.8, 4) is 0 Å². The minimum absolute atomic E-state index is 0.148. The first kappa shape index (κ1) is 10.7. The summed E-state index contributed by atoms with van der Waals surface area (Å²) in [5.41, 5.74) is 2.11. The summed E-state index contributed by atoms with van der Waals surface area (Å²) in [6.07, 6.45) is 5.63. The van der Waals surface area contributed by atoms with E-state index in [2.05, 4.69) is 0 Å². The van der Waals surface area contributed by atoms with Crippen molar-refractivity contribution in [1.82, 2.24) is 0 Å². The second-order valence-corrected chi connectivity index (χ2v) is 4.14. The van der Waals surface area contributed by atoms with Gasteiger partial charge in [-0.3, -0.25) is 9.59 Å². The highest BCUT2D eigenvalue weighted by Crippen LogP contribution is 2.32. The van der Waals surface area contributed by atoms with Crippen LogP contribution in [0.3, 0.4) is 0 Å². The summed E-state index contributed by atoms with van der Waals surface area (Å²) in [5, 5.41) is 8.97. The third kappa shape index (κ3) is 1.37. The van der Waals surface area contributed by atoms with Crippen LogP contribution >= 0.6 is 0 Å². The fraction of sp³-hybridized carbons (Fsp3) is 0. The Morgan fingerprint density at radius 3 is 2.11 bits per heavy atom. The number of carbonyl (C=O) groups is 2. The lowest BCUT2D eigenvalue weighted by Gasteiger charge is -2.21. The molecule has 2 aliphatic rings. The first-order valence-electron chi connectivity index (χ1n) is 5.52. The zero-order valence-corrected chi connectivity index (χ0v) is 9.38. The fourth-order valence-corrected chi connectivity index (χ4v) is 2.20. The second kappa shape index (κ2) is 3.81. The van der Waals surface area contributed by atoms with Gasteiger partial charge in [0.1, 0.15) is 0 Å². The molecule has 0 bridgehead atoms. The van der Waals surface area contributed by atoms with Crippen molar-refractivity contribution in [3.05, 3.63) is 76.9 Å². The summed E-state index contributed by atoms with van der Waals surface area (Å²) >= 11 is 0. The summed E-state index contributed by atoms with van der Waals surface area (Å²) in [7, 11) is 0. The number of ketones is 2. The molecule has 0 aliphatic heterocycles. The molecule has 0 saturated heterocycles. The zero-order valence-electron chi connectivity index (χ0n) is 9.38.